The van der Waals surface area contributed by atoms with E-state index in [9.17, 15) is 4.79 Å². The summed E-state index contributed by atoms with van der Waals surface area (Å²) in [5.74, 6) is -1.09. The van der Waals surface area contributed by atoms with Gasteiger partial charge in [-0.2, -0.15) is 0 Å². The average molecular weight is 237 g/mol. The highest BCUT2D eigenvalue weighted by Crippen LogP contribution is 2.08. The van der Waals surface area contributed by atoms with Crippen LogP contribution in [0.1, 0.15) is 0 Å². The second-order valence-corrected chi connectivity index (χ2v) is 3.31. The van der Waals surface area contributed by atoms with Gasteiger partial charge in [0.25, 0.3) is 0 Å². The maximum Gasteiger partial charge on any atom is 0.336 e. The molecule has 7 nitrogen and oxygen atoms in total. The quantitative estimate of drug-likeness (QED) is 0.785. The van der Waals surface area contributed by atoms with Gasteiger partial charge in [-0.15, -0.1) is 5.10 Å². The number of ether oxygens (including phenoxy) is 1. The van der Waals surface area contributed by atoms with Gasteiger partial charge in [-0.1, -0.05) is 17.0 Å². The minimum absolute atomic E-state index is 0.140. The summed E-state index contributed by atoms with van der Waals surface area (Å²) >= 11 is 0. The van der Waals surface area contributed by atoms with E-state index in [1.165, 1.54) is 12.0 Å². The van der Waals surface area contributed by atoms with Gasteiger partial charge >= 0.3 is 5.97 Å². The Labute approximate surface area is 96.5 Å². The summed E-state index contributed by atoms with van der Waals surface area (Å²) < 4.78 is 4.74. The first-order valence-corrected chi connectivity index (χ1v) is 4.91. The molecule has 2 aromatic rings. The van der Waals surface area contributed by atoms with Crippen molar-refractivity contribution >= 4 is 17.0 Å². The van der Waals surface area contributed by atoms with Crippen LogP contribution in [-0.2, 0) is 9.53 Å². The Hall–Kier alpha value is -2.15. The SMILES string of the molecule is COC(COn1nnc2ccccc21)C(=O)O. The topological polar surface area (TPSA) is 86.5 Å². The van der Waals surface area contributed by atoms with Crippen LogP contribution in [0.25, 0.3) is 11.0 Å². The molecule has 0 saturated carbocycles. The zero-order valence-corrected chi connectivity index (χ0v) is 9.11. The molecule has 1 heterocycles. The van der Waals surface area contributed by atoms with Crippen molar-refractivity contribution in [3.63, 3.8) is 0 Å². The smallest absolute Gasteiger partial charge is 0.336 e. The lowest BCUT2D eigenvalue weighted by atomic mass is 10.3. The van der Waals surface area contributed by atoms with E-state index in [-0.39, 0.29) is 6.61 Å². The fourth-order valence-corrected chi connectivity index (χ4v) is 1.32. The zero-order chi connectivity index (χ0) is 12.3. The van der Waals surface area contributed by atoms with Crippen LogP contribution in [-0.4, -0.2) is 46.1 Å². The number of methoxy groups -OCH3 is 1. The molecular formula is C10H11N3O4. The Morgan fingerprint density at radius 3 is 3.00 bits per heavy atom. The summed E-state index contributed by atoms with van der Waals surface area (Å²) in [7, 11) is 1.31. The molecule has 1 atom stereocenters. The highest BCUT2D eigenvalue weighted by molar-refractivity contribution is 5.73. The first-order valence-electron chi connectivity index (χ1n) is 4.91. The van der Waals surface area contributed by atoms with Gasteiger partial charge in [0.2, 0.25) is 0 Å². The normalized spacial score (nSPS) is 12.5. The molecule has 17 heavy (non-hydrogen) atoms. The van der Waals surface area contributed by atoms with E-state index >= 15 is 0 Å². The molecule has 0 saturated heterocycles. The summed E-state index contributed by atoms with van der Waals surface area (Å²) in [5.41, 5.74) is 1.35. The van der Waals surface area contributed by atoms with Gasteiger partial charge in [-0.05, 0) is 17.3 Å². The van der Waals surface area contributed by atoms with Crippen molar-refractivity contribution in [3.8, 4) is 0 Å². The zero-order valence-electron chi connectivity index (χ0n) is 9.11. The molecule has 0 bridgehead atoms. The fraction of sp³-hybridized carbons (Fsp3) is 0.300. The summed E-state index contributed by atoms with van der Waals surface area (Å²) in [6.07, 6.45) is -1.03. The average Bonchev–Trinajstić information content (AvgIpc) is 2.73. The molecule has 0 aliphatic carbocycles. The lowest BCUT2D eigenvalue weighted by Crippen LogP contribution is -2.32. The van der Waals surface area contributed by atoms with Crippen LogP contribution in [0, 0.1) is 0 Å². The van der Waals surface area contributed by atoms with Crippen LogP contribution in [0.4, 0.5) is 0 Å². The van der Waals surface area contributed by atoms with E-state index < -0.39 is 12.1 Å². The largest absolute Gasteiger partial charge is 0.479 e. The van der Waals surface area contributed by atoms with Crippen molar-refractivity contribution in [2.75, 3.05) is 13.7 Å². The maximum absolute atomic E-state index is 10.7. The molecule has 90 valence electrons. The van der Waals surface area contributed by atoms with Crippen molar-refractivity contribution in [1.82, 2.24) is 15.2 Å². The van der Waals surface area contributed by atoms with Crippen molar-refractivity contribution < 1.29 is 19.5 Å². The van der Waals surface area contributed by atoms with Crippen LogP contribution in [0.3, 0.4) is 0 Å². The predicted molar refractivity (Wildman–Crippen MR) is 57.4 cm³/mol. The Bertz CT molecular complexity index is 525. The Kier molecular flexibility index (Phi) is 3.20. The monoisotopic (exact) mass is 237 g/mol. The number of hydrogen-bond donors (Lipinski definition) is 1. The first kappa shape index (κ1) is 11.3. The number of aromatic nitrogens is 3. The Morgan fingerprint density at radius 2 is 2.29 bits per heavy atom. The van der Waals surface area contributed by atoms with E-state index in [2.05, 4.69) is 10.3 Å². The second-order valence-electron chi connectivity index (χ2n) is 3.31. The van der Waals surface area contributed by atoms with Gasteiger partial charge < -0.3 is 14.7 Å². The lowest BCUT2D eigenvalue weighted by Gasteiger charge is -2.10. The number of carbonyl (C=O) groups is 1. The molecule has 1 N–H and O–H groups in total. The summed E-state index contributed by atoms with van der Waals surface area (Å²) in [6.45, 7) is -0.140. The molecule has 0 fully saturated rings. The molecule has 0 amide bonds. The van der Waals surface area contributed by atoms with E-state index in [0.29, 0.717) is 11.0 Å². The Balaban J connectivity index is 2.11. The van der Waals surface area contributed by atoms with Gasteiger partial charge in [-0.25, -0.2) is 4.79 Å². The van der Waals surface area contributed by atoms with Crippen molar-refractivity contribution in [3.05, 3.63) is 24.3 Å². The van der Waals surface area contributed by atoms with Gasteiger partial charge in [0.1, 0.15) is 11.0 Å². The van der Waals surface area contributed by atoms with Crippen LogP contribution in [0.15, 0.2) is 24.3 Å². The molecule has 0 aliphatic heterocycles. The number of nitrogens with zero attached hydrogens (tertiary/aromatic N) is 3. The summed E-state index contributed by atoms with van der Waals surface area (Å²) in [4.78, 5) is 17.1. The van der Waals surface area contributed by atoms with Crippen molar-refractivity contribution in [2.45, 2.75) is 6.10 Å². The maximum atomic E-state index is 10.7. The van der Waals surface area contributed by atoms with Crippen LogP contribution in [0.5, 0.6) is 0 Å². The first-order chi connectivity index (χ1) is 8.22. The standard InChI is InChI=1S/C10H11N3O4/c1-16-9(10(14)15)6-17-13-8-5-3-2-4-7(8)11-12-13/h2-5,9H,6H2,1H3,(H,14,15). The number of rotatable bonds is 5. The summed E-state index contributed by atoms with van der Waals surface area (Å²) in [6, 6.07) is 7.21. The molecular weight excluding hydrogens is 226 g/mol. The number of para-hydroxylation sites is 1. The molecule has 1 aromatic heterocycles. The minimum atomic E-state index is -1.09. The highest BCUT2D eigenvalue weighted by Gasteiger charge is 2.18. The molecule has 0 radical (unpaired) electrons. The number of benzene rings is 1. The number of hydrogen-bond acceptors (Lipinski definition) is 5. The van der Waals surface area contributed by atoms with Crippen molar-refractivity contribution in [1.29, 1.82) is 0 Å². The number of aliphatic carboxylic acids is 1. The Morgan fingerprint density at radius 1 is 1.53 bits per heavy atom. The number of fused-ring (bicyclic) bond motifs is 1. The number of carboxylic acids is 1. The van der Waals surface area contributed by atoms with Gasteiger partial charge in [-0.3, -0.25) is 0 Å². The second kappa shape index (κ2) is 4.79. The molecule has 2 rings (SSSR count). The minimum Gasteiger partial charge on any atom is -0.479 e. The van der Waals surface area contributed by atoms with Gasteiger partial charge in [0, 0.05) is 7.11 Å². The van der Waals surface area contributed by atoms with E-state index in [1.54, 1.807) is 12.1 Å². The summed E-state index contributed by atoms with van der Waals surface area (Å²) in [5, 5.41) is 16.4. The van der Waals surface area contributed by atoms with Crippen LogP contribution >= 0.6 is 0 Å². The van der Waals surface area contributed by atoms with E-state index in [0.717, 1.165) is 0 Å². The molecule has 1 unspecified atom stereocenters. The van der Waals surface area contributed by atoms with Crippen LogP contribution < -0.4 is 4.84 Å². The molecule has 7 heteroatoms. The third kappa shape index (κ3) is 2.34. The van der Waals surface area contributed by atoms with E-state index in [4.69, 9.17) is 14.7 Å². The number of carboxylic acid groups (broad SMARTS) is 1. The van der Waals surface area contributed by atoms with Gasteiger partial charge in [0.15, 0.2) is 12.7 Å². The lowest BCUT2D eigenvalue weighted by molar-refractivity contribution is -0.152. The highest BCUT2D eigenvalue weighted by atomic mass is 16.7. The molecule has 0 spiro atoms. The van der Waals surface area contributed by atoms with Crippen molar-refractivity contribution in [2.24, 2.45) is 0 Å². The third-order valence-corrected chi connectivity index (χ3v) is 2.23. The van der Waals surface area contributed by atoms with E-state index in [1.807, 2.05) is 12.1 Å². The molecule has 0 aliphatic rings. The third-order valence-electron chi connectivity index (χ3n) is 2.23. The van der Waals surface area contributed by atoms with Crippen LogP contribution in [0.2, 0.25) is 0 Å². The fourth-order valence-electron chi connectivity index (χ4n) is 1.32. The van der Waals surface area contributed by atoms with Gasteiger partial charge in [0.05, 0.1) is 0 Å². The predicted octanol–water partition coefficient (Wildman–Crippen LogP) is -0.0405. The molecule has 1 aromatic carbocycles.